The predicted molar refractivity (Wildman–Crippen MR) is 106 cm³/mol. The number of piperazine rings is 1. The van der Waals surface area contributed by atoms with E-state index in [9.17, 15) is 13.2 Å². The Morgan fingerprint density at radius 1 is 1.15 bits per heavy atom. The normalized spacial score (nSPS) is 19.7. The Morgan fingerprint density at radius 2 is 1.78 bits per heavy atom. The summed E-state index contributed by atoms with van der Waals surface area (Å²) in [5.74, 6) is 0.783. The quantitative estimate of drug-likeness (QED) is 0.717. The maximum Gasteiger partial charge on any atom is 0.244 e. The molecule has 1 amide bonds. The number of likely N-dealkylation sites (N-methyl/N-ethyl adjacent to an activating group) is 1. The van der Waals surface area contributed by atoms with Gasteiger partial charge in [-0.1, -0.05) is 36.6 Å². The van der Waals surface area contributed by atoms with E-state index in [0.717, 1.165) is 6.54 Å². The third-order valence-electron chi connectivity index (χ3n) is 5.50. The number of halogens is 1. The summed E-state index contributed by atoms with van der Waals surface area (Å²) in [6.45, 7) is 2.79. The highest BCUT2D eigenvalue weighted by molar-refractivity contribution is 7.89. The van der Waals surface area contributed by atoms with Crippen LogP contribution in [0, 0.1) is 5.92 Å². The highest BCUT2D eigenvalue weighted by Gasteiger charge is 2.31. The van der Waals surface area contributed by atoms with Crippen molar-refractivity contribution in [2.45, 2.75) is 30.6 Å². The molecule has 2 fully saturated rings. The first-order valence-corrected chi connectivity index (χ1v) is 11.4. The minimum absolute atomic E-state index is 0.0743. The van der Waals surface area contributed by atoms with Gasteiger partial charge in [0.15, 0.2) is 0 Å². The predicted octanol–water partition coefficient (Wildman–Crippen LogP) is 2.29. The number of carbonyl (C=O) groups is 1. The van der Waals surface area contributed by atoms with E-state index < -0.39 is 10.0 Å². The fourth-order valence-electron chi connectivity index (χ4n) is 4.00. The summed E-state index contributed by atoms with van der Waals surface area (Å²) >= 11 is 6.06. The molecule has 8 heteroatoms. The number of hydrogen-bond acceptors (Lipinski definition) is 4. The number of nitrogens with zero attached hydrogens (tertiary/aromatic N) is 3. The molecule has 0 N–H and O–H groups in total. The zero-order valence-corrected chi connectivity index (χ0v) is 17.4. The molecule has 0 aromatic heterocycles. The van der Waals surface area contributed by atoms with E-state index in [1.807, 2.05) is 7.05 Å². The van der Waals surface area contributed by atoms with Gasteiger partial charge in [0, 0.05) is 32.7 Å². The highest BCUT2D eigenvalue weighted by atomic mass is 35.5. The third kappa shape index (κ3) is 5.02. The van der Waals surface area contributed by atoms with Crippen LogP contribution in [0.1, 0.15) is 25.7 Å². The van der Waals surface area contributed by atoms with Crippen molar-refractivity contribution < 1.29 is 13.2 Å². The van der Waals surface area contributed by atoms with Gasteiger partial charge in [0.2, 0.25) is 15.9 Å². The Balaban J connectivity index is 1.52. The van der Waals surface area contributed by atoms with Gasteiger partial charge in [-0.3, -0.25) is 9.69 Å². The van der Waals surface area contributed by atoms with Crippen molar-refractivity contribution in [2.75, 3.05) is 46.3 Å². The SMILES string of the molecule is CN(CC(=O)N1CCN(S(=O)(=O)c2ccccc2Cl)CC1)CC1CCCC1. The second-order valence-electron chi connectivity index (χ2n) is 7.56. The van der Waals surface area contributed by atoms with E-state index in [1.165, 1.54) is 36.1 Å². The van der Waals surface area contributed by atoms with E-state index in [4.69, 9.17) is 11.6 Å². The van der Waals surface area contributed by atoms with Crippen molar-refractivity contribution in [3.63, 3.8) is 0 Å². The molecule has 0 unspecified atom stereocenters. The van der Waals surface area contributed by atoms with Gasteiger partial charge >= 0.3 is 0 Å². The molecule has 2 aliphatic rings. The van der Waals surface area contributed by atoms with Crippen molar-refractivity contribution in [3.8, 4) is 0 Å². The van der Waals surface area contributed by atoms with Crippen LogP contribution in [0.3, 0.4) is 0 Å². The summed E-state index contributed by atoms with van der Waals surface area (Å²) in [4.78, 5) is 16.6. The lowest BCUT2D eigenvalue weighted by molar-refractivity contribution is -0.133. The molecule has 1 saturated carbocycles. The first kappa shape index (κ1) is 20.6. The zero-order valence-electron chi connectivity index (χ0n) is 15.8. The molecule has 0 bridgehead atoms. The van der Waals surface area contributed by atoms with Gasteiger partial charge < -0.3 is 4.90 Å². The van der Waals surface area contributed by atoms with Crippen LogP contribution in [0.5, 0.6) is 0 Å². The van der Waals surface area contributed by atoms with E-state index in [-0.39, 0.29) is 15.8 Å². The van der Waals surface area contributed by atoms with Gasteiger partial charge in [-0.25, -0.2) is 8.42 Å². The van der Waals surface area contributed by atoms with Crippen LogP contribution in [0.15, 0.2) is 29.2 Å². The first-order chi connectivity index (χ1) is 12.9. The molecular weight excluding hydrogens is 386 g/mol. The maximum atomic E-state index is 12.8. The van der Waals surface area contributed by atoms with E-state index in [1.54, 1.807) is 23.1 Å². The summed E-state index contributed by atoms with van der Waals surface area (Å²) in [6.07, 6.45) is 5.12. The number of benzene rings is 1. The average molecular weight is 414 g/mol. The smallest absolute Gasteiger partial charge is 0.244 e. The first-order valence-electron chi connectivity index (χ1n) is 9.59. The fraction of sp³-hybridized carbons (Fsp3) is 0.632. The maximum absolute atomic E-state index is 12.8. The number of amides is 1. The second-order valence-corrected chi connectivity index (χ2v) is 9.88. The van der Waals surface area contributed by atoms with Crippen molar-refractivity contribution in [1.82, 2.24) is 14.1 Å². The van der Waals surface area contributed by atoms with Crippen LogP contribution >= 0.6 is 11.6 Å². The standard InChI is InChI=1S/C19H28ClN3O3S/c1-21(14-16-6-2-3-7-16)15-19(24)22-10-12-23(13-11-22)27(25,26)18-9-5-4-8-17(18)20/h4-5,8-9,16H,2-3,6-7,10-15H2,1H3. The van der Waals surface area contributed by atoms with Gasteiger partial charge in [0.25, 0.3) is 0 Å². The average Bonchev–Trinajstić information content (AvgIpc) is 3.14. The lowest BCUT2D eigenvalue weighted by atomic mass is 10.1. The van der Waals surface area contributed by atoms with Gasteiger partial charge in [-0.2, -0.15) is 4.31 Å². The van der Waals surface area contributed by atoms with Crippen molar-refractivity contribution >= 4 is 27.5 Å². The van der Waals surface area contributed by atoms with Crippen LogP contribution in [0.25, 0.3) is 0 Å². The van der Waals surface area contributed by atoms with Gasteiger partial charge in [-0.05, 0) is 37.9 Å². The number of rotatable bonds is 6. The summed E-state index contributed by atoms with van der Waals surface area (Å²) < 4.78 is 27.0. The highest BCUT2D eigenvalue weighted by Crippen LogP contribution is 2.26. The Hall–Kier alpha value is -1.15. The summed E-state index contributed by atoms with van der Waals surface area (Å²) in [7, 11) is -1.63. The molecule has 1 aliphatic heterocycles. The minimum atomic E-state index is -3.63. The van der Waals surface area contributed by atoms with Crippen LogP contribution < -0.4 is 0 Å². The molecule has 1 aliphatic carbocycles. The summed E-state index contributed by atoms with van der Waals surface area (Å²) in [6, 6.07) is 6.47. The van der Waals surface area contributed by atoms with E-state index >= 15 is 0 Å². The van der Waals surface area contributed by atoms with E-state index in [0.29, 0.717) is 38.6 Å². The summed E-state index contributed by atoms with van der Waals surface area (Å²) in [5.41, 5.74) is 0. The van der Waals surface area contributed by atoms with Crippen LogP contribution in [0.2, 0.25) is 5.02 Å². The van der Waals surface area contributed by atoms with Crippen LogP contribution in [-0.4, -0.2) is 74.7 Å². The Labute approximate surface area is 167 Å². The third-order valence-corrected chi connectivity index (χ3v) is 7.89. The lowest BCUT2D eigenvalue weighted by Crippen LogP contribution is -2.52. The number of hydrogen-bond donors (Lipinski definition) is 0. The molecular formula is C19H28ClN3O3S. The lowest BCUT2D eigenvalue weighted by Gasteiger charge is -2.35. The van der Waals surface area contributed by atoms with Gasteiger partial charge in [0.05, 0.1) is 11.6 Å². The number of carbonyl (C=O) groups excluding carboxylic acids is 1. The largest absolute Gasteiger partial charge is 0.339 e. The molecule has 1 saturated heterocycles. The second kappa shape index (κ2) is 8.90. The fourth-order valence-corrected chi connectivity index (χ4v) is 5.92. The molecule has 0 spiro atoms. The number of sulfonamides is 1. The Bertz CT molecular complexity index is 757. The molecule has 27 heavy (non-hydrogen) atoms. The molecule has 1 aromatic rings. The molecule has 0 atom stereocenters. The van der Waals surface area contributed by atoms with Crippen LogP contribution in [0.4, 0.5) is 0 Å². The molecule has 0 radical (unpaired) electrons. The van der Waals surface area contributed by atoms with Crippen molar-refractivity contribution in [3.05, 3.63) is 29.3 Å². The van der Waals surface area contributed by atoms with E-state index in [2.05, 4.69) is 4.90 Å². The topological polar surface area (TPSA) is 60.9 Å². The van der Waals surface area contributed by atoms with Crippen LogP contribution in [-0.2, 0) is 14.8 Å². The van der Waals surface area contributed by atoms with Gasteiger partial charge in [-0.15, -0.1) is 0 Å². The molecule has 150 valence electrons. The molecule has 1 aromatic carbocycles. The van der Waals surface area contributed by atoms with Gasteiger partial charge in [0.1, 0.15) is 4.90 Å². The molecule has 3 rings (SSSR count). The Morgan fingerprint density at radius 3 is 2.41 bits per heavy atom. The zero-order chi connectivity index (χ0) is 19.4. The van der Waals surface area contributed by atoms with Crippen molar-refractivity contribution in [2.24, 2.45) is 5.92 Å². The van der Waals surface area contributed by atoms with Crippen molar-refractivity contribution in [1.29, 1.82) is 0 Å². The monoisotopic (exact) mass is 413 g/mol. The minimum Gasteiger partial charge on any atom is -0.339 e. The molecule has 6 nitrogen and oxygen atoms in total. The molecule has 1 heterocycles. The summed E-state index contributed by atoms with van der Waals surface area (Å²) in [5, 5.41) is 0.226. The Kier molecular flexibility index (Phi) is 6.78.